The molecule has 0 fully saturated rings. The van der Waals surface area contributed by atoms with Crippen molar-refractivity contribution in [2.24, 2.45) is 0 Å². The molecule has 0 amide bonds. The number of esters is 1. The van der Waals surface area contributed by atoms with Gasteiger partial charge >= 0.3 is 5.97 Å². The number of carbonyl (C=O) groups excluding carboxylic acids is 1. The lowest BCUT2D eigenvalue weighted by Crippen LogP contribution is -2.21. The van der Waals surface area contributed by atoms with Crippen LogP contribution >= 0.6 is 23.2 Å². The molecule has 0 bridgehead atoms. The standard InChI is InChI=1S/C6H10Cl2O3/c1-2-11-5(10)3-4(9)6(7)8/h4,6,9H,2-3H2,1H3/t4-/m1/s1. The minimum Gasteiger partial charge on any atom is -0.466 e. The van der Waals surface area contributed by atoms with Crippen molar-refractivity contribution < 1.29 is 14.6 Å². The summed E-state index contributed by atoms with van der Waals surface area (Å²) >= 11 is 10.6. The zero-order valence-electron chi connectivity index (χ0n) is 6.09. The van der Waals surface area contributed by atoms with Crippen LogP contribution < -0.4 is 0 Å². The van der Waals surface area contributed by atoms with E-state index in [0.717, 1.165) is 0 Å². The predicted molar refractivity (Wildman–Crippen MR) is 42.8 cm³/mol. The molecular weight excluding hydrogens is 191 g/mol. The highest BCUT2D eigenvalue weighted by molar-refractivity contribution is 6.44. The van der Waals surface area contributed by atoms with Gasteiger partial charge in [0, 0.05) is 0 Å². The molecular formula is C6H10Cl2O3. The van der Waals surface area contributed by atoms with Crippen LogP contribution in [0, 0.1) is 0 Å². The first-order valence-corrected chi connectivity index (χ1v) is 4.07. The SMILES string of the molecule is CCOC(=O)C[C@@H](O)C(Cl)Cl. The third-order valence-electron chi connectivity index (χ3n) is 0.972. The molecule has 0 aromatic heterocycles. The van der Waals surface area contributed by atoms with E-state index in [1.807, 2.05) is 0 Å². The van der Waals surface area contributed by atoms with E-state index >= 15 is 0 Å². The van der Waals surface area contributed by atoms with E-state index < -0.39 is 16.9 Å². The summed E-state index contributed by atoms with van der Waals surface area (Å²) in [5.74, 6) is -0.494. The summed E-state index contributed by atoms with van der Waals surface area (Å²) in [5.41, 5.74) is 0. The number of aliphatic hydroxyl groups excluding tert-OH is 1. The van der Waals surface area contributed by atoms with Crippen LogP contribution in [0.3, 0.4) is 0 Å². The molecule has 0 radical (unpaired) electrons. The first-order valence-electron chi connectivity index (χ1n) is 3.19. The van der Waals surface area contributed by atoms with E-state index in [0.29, 0.717) is 6.61 Å². The summed E-state index contributed by atoms with van der Waals surface area (Å²) in [6.07, 6.45) is -1.21. The average molecular weight is 201 g/mol. The number of hydrogen-bond donors (Lipinski definition) is 1. The molecule has 0 aliphatic rings. The Morgan fingerprint density at radius 1 is 1.64 bits per heavy atom. The molecule has 0 unspecified atom stereocenters. The second-order valence-corrected chi connectivity index (χ2v) is 3.07. The lowest BCUT2D eigenvalue weighted by Gasteiger charge is -2.09. The first kappa shape index (κ1) is 11.0. The van der Waals surface area contributed by atoms with E-state index in [4.69, 9.17) is 28.3 Å². The summed E-state index contributed by atoms with van der Waals surface area (Å²) in [5, 5.41) is 8.96. The zero-order chi connectivity index (χ0) is 8.85. The molecule has 0 saturated heterocycles. The summed E-state index contributed by atoms with van der Waals surface area (Å²) in [6.45, 7) is 1.98. The van der Waals surface area contributed by atoms with Crippen LogP contribution in [0.2, 0.25) is 0 Å². The fraction of sp³-hybridized carbons (Fsp3) is 0.833. The Morgan fingerprint density at radius 3 is 2.55 bits per heavy atom. The van der Waals surface area contributed by atoms with Crippen molar-refractivity contribution in [3.63, 3.8) is 0 Å². The fourth-order valence-electron chi connectivity index (χ4n) is 0.480. The van der Waals surface area contributed by atoms with Crippen molar-refractivity contribution in [1.29, 1.82) is 0 Å². The molecule has 1 N–H and O–H groups in total. The number of halogens is 2. The van der Waals surface area contributed by atoms with Crippen LogP contribution in [0.5, 0.6) is 0 Å². The largest absolute Gasteiger partial charge is 0.466 e. The molecule has 0 rings (SSSR count). The van der Waals surface area contributed by atoms with Gasteiger partial charge in [-0.2, -0.15) is 0 Å². The number of alkyl halides is 2. The molecule has 66 valence electrons. The Bertz CT molecular complexity index is 127. The molecule has 1 atom stereocenters. The van der Waals surface area contributed by atoms with Gasteiger partial charge in [-0.15, -0.1) is 23.2 Å². The maximum atomic E-state index is 10.7. The molecule has 0 aliphatic carbocycles. The fourth-order valence-corrected chi connectivity index (χ4v) is 0.658. The highest BCUT2D eigenvalue weighted by Crippen LogP contribution is 2.11. The maximum absolute atomic E-state index is 10.7. The van der Waals surface area contributed by atoms with Gasteiger partial charge in [-0.1, -0.05) is 0 Å². The second kappa shape index (κ2) is 5.63. The zero-order valence-corrected chi connectivity index (χ0v) is 7.60. The Balaban J connectivity index is 3.57. The van der Waals surface area contributed by atoms with Crippen molar-refractivity contribution in [3.05, 3.63) is 0 Å². The molecule has 0 aliphatic heterocycles. The van der Waals surface area contributed by atoms with Crippen LogP contribution in [-0.4, -0.2) is 28.6 Å². The van der Waals surface area contributed by atoms with Crippen molar-refractivity contribution >= 4 is 29.2 Å². The van der Waals surface area contributed by atoms with E-state index in [9.17, 15) is 4.79 Å². The van der Waals surface area contributed by atoms with Gasteiger partial charge in [0.15, 0.2) is 0 Å². The number of aliphatic hydroxyl groups is 1. The Labute approximate surface area is 75.2 Å². The first-order chi connectivity index (χ1) is 5.07. The number of carbonyl (C=O) groups is 1. The smallest absolute Gasteiger partial charge is 0.308 e. The maximum Gasteiger partial charge on any atom is 0.308 e. The molecule has 11 heavy (non-hydrogen) atoms. The molecule has 5 heteroatoms. The van der Waals surface area contributed by atoms with Gasteiger partial charge in [0.05, 0.1) is 19.1 Å². The van der Waals surface area contributed by atoms with Crippen LogP contribution in [0.15, 0.2) is 0 Å². The second-order valence-electron chi connectivity index (χ2n) is 1.91. The van der Waals surface area contributed by atoms with Crippen LogP contribution in [-0.2, 0) is 9.53 Å². The van der Waals surface area contributed by atoms with Gasteiger partial charge in [-0.25, -0.2) is 0 Å². The van der Waals surface area contributed by atoms with Crippen LogP contribution in [0.4, 0.5) is 0 Å². The van der Waals surface area contributed by atoms with Gasteiger partial charge < -0.3 is 9.84 Å². The number of rotatable bonds is 4. The summed E-state index contributed by atoms with van der Waals surface area (Å²) in [6, 6.07) is 0. The Hall–Kier alpha value is 0.01000. The van der Waals surface area contributed by atoms with E-state index in [1.54, 1.807) is 6.92 Å². The normalized spacial score (nSPS) is 13.2. The molecule has 3 nitrogen and oxygen atoms in total. The van der Waals surface area contributed by atoms with Gasteiger partial charge in [0.2, 0.25) is 0 Å². The third kappa shape index (κ3) is 5.30. The van der Waals surface area contributed by atoms with Crippen LogP contribution in [0.1, 0.15) is 13.3 Å². The van der Waals surface area contributed by atoms with E-state index in [-0.39, 0.29) is 6.42 Å². The lowest BCUT2D eigenvalue weighted by molar-refractivity contribution is -0.145. The molecule has 0 saturated carbocycles. The average Bonchev–Trinajstić information content (AvgIpc) is 1.87. The number of ether oxygens (including phenoxy) is 1. The molecule has 0 aromatic carbocycles. The van der Waals surface area contributed by atoms with Crippen molar-refractivity contribution in [3.8, 4) is 0 Å². The van der Waals surface area contributed by atoms with Crippen molar-refractivity contribution in [2.75, 3.05) is 6.61 Å². The highest BCUT2D eigenvalue weighted by Gasteiger charge is 2.17. The minimum absolute atomic E-state index is 0.161. The van der Waals surface area contributed by atoms with Gasteiger partial charge in [-0.05, 0) is 6.92 Å². The predicted octanol–water partition coefficient (Wildman–Crippen LogP) is 1.10. The van der Waals surface area contributed by atoms with Crippen LogP contribution in [0.25, 0.3) is 0 Å². The molecule has 0 heterocycles. The lowest BCUT2D eigenvalue weighted by atomic mass is 10.3. The molecule has 0 spiro atoms. The quantitative estimate of drug-likeness (QED) is 0.547. The monoisotopic (exact) mass is 200 g/mol. The summed E-state index contributed by atoms with van der Waals surface area (Å²) in [4.78, 5) is 9.71. The topological polar surface area (TPSA) is 46.5 Å². The van der Waals surface area contributed by atoms with Crippen molar-refractivity contribution in [1.82, 2.24) is 0 Å². The van der Waals surface area contributed by atoms with E-state index in [1.165, 1.54) is 0 Å². The molecule has 0 aromatic rings. The van der Waals surface area contributed by atoms with E-state index in [2.05, 4.69) is 4.74 Å². The third-order valence-corrected chi connectivity index (χ3v) is 1.55. The minimum atomic E-state index is -1.04. The van der Waals surface area contributed by atoms with Gasteiger partial charge in [0.1, 0.15) is 4.84 Å². The Morgan fingerprint density at radius 2 is 2.18 bits per heavy atom. The number of hydrogen-bond acceptors (Lipinski definition) is 3. The highest BCUT2D eigenvalue weighted by atomic mass is 35.5. The Kier molecular flexibility index (Phi) is 5.64. The summed E-state index contributed by atoms with van der Waals surface area (Å²) in [7, 11) is 0. The van der Waals surface area contributed by atoms with Gasteiger partial charge in [-0.3, -0.25) is 4.79 Å². The van der Waals surface area contributed by atoms with Gasteiger partial charge in [0.25, 0.3) is 0 Å². The summed E-state index contributed by atoms with van der Waals surface area (Å²) < 4.78 is 4.55. The van der Waals surface area contributed by atoms with Crippen molar-refractivity contribution in [2.45, 2.75) is 24.3 Å².